The fraction of sp³-hybridized carbons (Fsp3) is 0.0476. The second-order valence-electron chi connectivity index (χ2n) is 5.80. The summed E-state index contributed by atoms with van der Waals surface area (Å²) in [6.45, 7) is 1.91. The van der Waals surface area contributed by atoms with Crippen molar-refractivity contribution in [3.05, 3.63) is 84.2 Å². The molecule has 2 N–H and O–H groups in total. The van der Waals surface area contributed by atoms with Crippen LogP contribution in [0.1, 0.15) is 5.56 Å². The molecule has 0 heterocycles. The largest absolute Gasteiger partial charge is 0.455 e. The molecule has 3 aromatic carbocycles. The van der Waals surface area contributed by atoms with Crippen molar-refractivity contribution < 1.29 is 18.7 Å². The Bertz CT molecular complexity index is 957. The first-order valence-electron chi connectivity index (χ1n) is 8.23. The van der Waals surface area contributed by atoms with Crippen LogP contribution in [0.15, 0.2) is 72.8 Å². The fourth-order valence-corrected chi connectivity index (χ4v) is 2.32. The van der Waals surface area contributed by atoms with Gasteiger partial charge < -0.3 is 15.4 Å². The van der Waals surface area contributed by atoms with Crippen molar-refractivity contribution in [3.8, 4) is 11.5 Å². The number of carbonyl (C=O) groups excluding carboxylic acids is 2. The number of ether oxygens (including phenoxy) is 1. The lowest BCUT2D eigenvalue weighted by atomic mass is 10.2. The van der Waals surface area contributed by atoms with E-state index < -0.39 is 17.6 Å². The molecule has 0 unspecified atom stereocenters. The number of amides is 2. The minimum Gasteiger partial charge on any atom is -0.455 e. The van der Waals surface area contributed by atoms with E-state index in [0.717, 1.165) is 5.56 Å². The molecule has 3 rings (SSSR count). The van der Waals surface area contributed by atoms with E-state index in [2.05, 4.69) is 10.6 Å². The summed E-state index contributed by atoms with van der Waals surface area (Å²) < 4.78 is 19.8. The molecule has 3 aromatic rings. The lowest BCUT2D eigenvalue weighted by Gasteiger charge is -2.13. The highest BCUT2D eigenvalue weighted by Gasteiger charge is 2.19. The average Bonchev–Trinajstić information content (AvgIpc) is 2.67. The monoisotopic (exact) mass is 364 g/mol. The number of hydrogen-bond acceptors (Lipinski definition) is 3. The lowest BCUT2D eigenvalue weighted by molar-refractivity contribution is -0.133. The minimum absolute atomic E-state index is 0.0951. The van der Waals surface area contributed by atoms with Crippen LogP contribution in [0.5, 0.6) is 11.5 Å². The van der Waals surface area contributed by atoms with Crippen molar-refractivity contribution in [3.63, 3.8) is 0 Å². The molecule has 0 aromatic heterocycles. The number of aryl methyl sites for hydroxylation is 1. The quantitative estimate of drug-likeness (QED) is 0.670. The van der Waals surface area contributed by atoms with Crippen LogP contribution in [0.3, 0.4) is 0 Å². The molecule has 0 spiro atoms. The predicted molar refractivity (Wildman–Crippen MR) is 101 cm³/mol. The number of rotatable bonds is 4. The standard InChI is InChI=1S/C21H17FN2O3/c1-14-10-12-15(13-11-14)23-20(25)21(26)24-19-17(22)8-5-9-18(19)27-16-6-3-2-4-7-16/h2-13H,1H3,(H,23,25)(H,24,26). The molecular weight excluding hydrogens is 347 g/mol. The van der Waals surface area contributed by atoms with Gasteiger partial charge in [0.1, 0.15) is 11.4 Å². The van der Waals surface area contributed by atoms with Gasteiger partial charge in [0.25, 0.3) is 0 Å². The van der Waals surface area contributed by atoms with E-state index in [1.54, 1.807) is 48.5 Å². The minimum atomic E-state index is -1.00. The second-order valence-corrected chi connectivity index (χ2v) is 5.80. The van der Waals surface area contributed by atoms with Crippen molar-refractivity contribution in [1.29, 1.82) is 0 Å². The van der Waals surface area contributed by atoms with E-state index in [0.29, 0.717) is 11.4 Å². The molecule has 0 saturated heterocycles. The Labute approximate surface area is 155 Å². The molecule has 0 radical (unpaired) electrons. The first-order valence-corrected chi connectivity index (χ1v) is 8.23. The van der Waals surface area contributed by atoms with Crippen LogP contribution >= 0.6 is 0 Å². The topological polar surface area (TPSA) is 67.4 Å². The van der Waals surface area contributed by atoms with Gasteiger partial charge in [0, 0.05) is 5.69 Å². The van der Waals surface area contributed by atoms with Crippen molar-refractivity contribution in [2.24, 2.45) is 0 Å². The van der Waals surface area contributed by atoms with E-state index in [1.165, 1.54) is 18.2 Å². The van der Waals surface area contributed by atoms with Gasteiger partial charge in [-0.25, -0.2) is 4.39 Å². The van der Waals surface area contributed by atoms with Gasteiger partial charge in [-0.3, -0.25) is 9.59 Å². The average molecular weight is 364 g/mol. The van der Waals surface area contributed by atoms with Crippen molar-refractivity contribution in [2.75, 3.05) is 10.6 Å². The first-order chi connectivity index (χ1) is 13.0. The van der Waals surface area contributed by atoms with Crippen LogP contribution in [0, 0.1) is 12.7 Å². The molecule has 27 heavy (non-hydrogen) atoms. The number of nitrogens with one attached hydrogen (secondary N) is 2. The zero-order valence-electron chi connectivity index (χ0n) is 14.5. The van der Waals surface area contributed by atoms with Crippen LogP contribution in [0.4, 0.5) is 15.8 Å². The zero-order chi connectivity index (χ0) is 19.2. The van der Waals surface area contributed by atoms with Gasteiger partial charge in [-0.1, -0.05) is 42.0 Å². The van der Waals surface area contributed by atoms with E-state index in [4.69, 9.17) is 4.74 Å². The van der Waals surface area contributed by atoms with E-state index in [1.807, 2.05) is 13.0 Å². The van der Waals surface area contributed by atoms with Gasteiger partial charge >= 0.3 is 11.8 Å². The SMILES string of the molecule is Cc1ccc(NC(=O)C(=O)Nc2c(F)cccc2Oc2ccccc2)cc1. The van der Waals surface area contributed by atoms with Crippen molar-refractivity contribution >= 4 is 23.2 Å². The Kier molecular flexibility index (Phi) is 5.47. The molecule has 6 heteroatoms. The molecule has 2 amide bonds. The van der Waals surface area contributed by atoms with Crippen molar-refractivity contribution in [1.82, 2.24) is 0 Å². The molecule has 0 aliphatic heterocycles. The summed E-state index contributed by atoms with van der Waals surface area (Å²) in [6.07, 6.45) is 0. The lowest BCUT2D eigenvalue weighted by Crippen LogP contribution is -2.29. The third kappa shape index (κ3) is 4.70. The van der Waals surface area contributed by atoms with E-state index >= 15 is 0 Å². The maximum Gasteiger partial charge on any atom is 0.314 e. The molecule has 0 saturated carbocycles. The van der Waals surface area contributed by atoms with Gasteiger partial charge in [0.15, 0.2) is 11.6 Å². The second kappa shape index (κ2) is 8.14. The highest BCUT2D eigenvalue weighted by atomic mass is 19.1. The van der Waals surface area contributed by atoms with Crippen LogP contribution in [-0.2, 0) is 9.59 Å². The summed E-state index contributed by atoms with van der Waals surface area (Å²) in [4.78, 5) is 24.3. The Morgan fingerprint density at radius 3 is 2.19 bits per heavy atom. The van der Waals surface area contributed by atoms with Gasteiger partial charge in [-0.2, -0.15) is 0 Å². The van der Waals surface area contributed by atoms with E-state index in [-0.39, 0.29) is 11.4 Å². The molecule has 5 nitrogen and oxygen atoms in total. The molecule has 0 aliphatic rings. The molecule has 0 fully saturated rings. The molecule has 0 atom stereocenters. The summed E-state index contributed by atoms with van der Waals surface area (Å²) in [5.41, 5.74) is 1.28. The smallest absolute Gasteiger partial charge is 0.314 e. The Morgan fingerprint density at radius 1 is 0.815 bits per heavy atom. The number of halogens is 1. The summed E-state index contributed by atoms with van der Waals surface area (Å²) in [5, 5.41) is 4.74. The fourth-order valence-electron chi connectivity index (χ4n) is 2.32. The number of benzene rings is 3. The van der Waals surface area contributed by atoms with E-state index in [9.17, 15) is 14.0 Å². The van der Waals surface area contributed by atoms with Gasteiger partial charge in [-0.05, 0) is 43.3 Å². The Hall–Kier alpha value is -3.67. The van der Waals surface area contributed by atoms with Crippen LogP contribution in [0.2, 0.25) is 0 Å². The molecule has 0 aliphatic carbocycles. The van der Waals surface area contributed by atoms with Crippen molar-refractivity contribution in [2.45, 2.75) is 6.92 Å². The molecule has 136 valence electrons. The van der Waals surface area contributed by atoms with Crippen LogP contribution in [-0.4, -0.2) is 11.8 Å². The maximum absolute atomic E-state index is 14.2. The third-order valence-corrected chi connectivity index (χ3v) is 3.70. The van der Waals surface area contributed by atoms with Gasteiger partial charge in [0.05, 0.1) is 0 Å². The first kappa shape index (κ1) is 18.1. The third-order valence-electron chi connectivity index (χ3n) is 3.70. The van der Waals surface area contributed by atoms with Crippen LogP contribution in [0.25, 0.3) is 0 Å². The Morgan fingerprint density at radius 2 is 1.48 bits per heavy atom. The number of hydrogen-bond donors (Lipinski definition) is 2. The summed E-state index contributed by atoms with van der Waals surface area (Å²) in [6, 6.07) is 19.8. The highest BCUT2D eigenvalue weighted by molar-refractivity contribution is 6.43. The predicted octanol–water partition coefficient (Wildman–Crippen LogP) is 4.50. The number of anilines is 2. The summed E-state index contributed by atoms with van der Waals surface area (Å²) >= 11 is 0. The number of para-hydroxylation sites is 2. The highest BCUT2D eigenvalue weighted by Crippen LogP contribution is 2.31. The normalized spacial score (nSPS) is 10.1. The zero-order valence-corrected chi connectivity index (χ0v) is 14.5. The molecular formula is C21H17FN2O3. The maximum atomic E-state index is 14.2. The van der Waals surface area contributed by atoms with Gasteiger partial charge in [0.2, 0.25) is 0 Å². The van der Waals surface area contributed by atoms with Gasteiger partial charge in [-0.15, -0.1) is 0 Å². The summed E-state index contributed by atoms with van der Waals surface area (Å²) in [7, 11) is 0. The summed E-state index contributed by atoms with van der Waals surface area (Å²) in [5.74, 6) is -2.05. The Balaban J connectivity index is 1.75. The molecule has 0 bridgehead atoms. The number of carbonyl (C=O) groups is 2. The van der Waals surface area contributed by atoms with Crippen LogP contribution < -0.4 is 15.4 Å².